The largest absolute Gasteiger partial charge is 0.463 e. The van der Waals surface area contributed by atoms with E-state index in [-0.39, 0.29) is 12.6 Å². The molecule has 0 fully saturated rings. The standard InChI is InChI=1S/C39H70O14/c1-2-3-4-5-9-12-39(40)53-36-35-51-32-31-49-28-27-47-24-23-45-20-19-43-16-15-41-13-14-42-17-18-44-21-22-46-25-26-48-29-30-50-33-34-52-37-38-10-7-6-8-11-38/h6-8,10-11H,2-5,9,12-37H2,1H3. The van der Waals surface area contributed by atoms with Crippen LogP contribution in [0, 0.1) is 0 Å². The topological polar surface area (TPSA) is 137 Å². The van der Waals surface area contributed by atoms with Crippen molar-refractivity contribution in [1.29, 1.82) is 0 Å². The minimum Gasteiger partial charge on any atom is -0.463 e. The van der Waals surface area contributed by atoms with Gasteiger partial charge in [0.2, 0.25) is 0 Å². The lowest BCUT2D eigenvalue weighted by atomic mass is 10.1. The summed E-state index contributed by atoms with van der Waals surface area (Å²) in [5, 5.41) is 0. The molecule has 310 valence electrons. The quantitative estimate of drug-likeness (QED) is 0.0691. The van der Waals surface area contributed by atoms with Crippen molar-refractivity contribution in [1.82, 2.24) is 0 Å². The molecule has 0 aliphatic rings. The normalized spacial score (nSPS) is 11.4. The van der Waals surface area contributed by atoms with E-state index in [1.165, 1.54) is 19.3 Å². The molecule has 53 heavy (non-hydrogen) atoms. The zero-order valence-corrected chi connectivity index (χ0v) is 32.5. The van der Waals surface area contributed by atoms with Crippen molar-refractivity contribution < 1.29 is 66.4 Å². The van der Waals surface area contributed by atoms with Crippen LogP contribution in [0.25, 0.3) is 0 Å². The molecule has 0 saturated heterocycles. The van der Waals surface area contributed by atoms with E-state index in [0.717, 1.165) is 18.4 Å². The van der Waals surface area contributed by atoms with Gasteiger partial charge in [0.05, 0.1) is 159 Å². The van der Waals surface area contributed by atoms with Crippen LogP contribution >= 0.6 is 0 Å². The number of hydrogen-bond donors (Lipinski definition) is 0. The molecule has 1 aromatic rings. The van der Waals surface area contributed by atoms with Crippen molar-refractivity contribution in [3.63, 3.8) is 0 Å². The highest BCUT2D eigenvalue weighted by molar-refractivity contribution is 5.69. The molecule has 0 aliphatic carbocycles. The summed E-state index contributed by atoms with van der Waals surface area (Å²) in [7, 11) is 0. The van der Waals surface area contributed by atoms with Crippen molar-refractivity contribution in [3.05, 3.63) is 35.9 Å². The number of benzene rings is 1. The third kappa shape index (κ3) is 39.7. The second kappa shape index (κ2) is 42.9. The van der Waals surface area contributed by atoms with E-state index < -0.39 is 0 Å². The summed E-state index contributed by atoms with van der Waals surface area (Å²) in [4.78, 5) is 11.6. The van der Waals surface area contributed by atoms with Crippen LogP contribution in [-0.4, -0.2) is 165 Å². The fraction of sp³-hybridized carbons (Fsp3) is 0.821. The van der Waals surface area contributed by atoms with Crippen LogP contribution in [0.4, 0.5) is 0 Å². The van der Waals surface area contributed by atoms with Crippen LogP contribution in [0.3, 0.4) is 0 Å². The van der Waals surface area contributed by atoms with E-state index in [2.05, 4.69) is 6.92 Å². The Morgan fingerprint density at radius 3 is 1.02 bits per heavy atom. The van der Waals surface area contributed by atoms with Crippen LogP contribution < -0.4 is 0 Å². The first kappa shape index (κ1) is 49.2. The first-order valence-corrected chi connectivity index (χ1v) is 19.5. The van der Waals surface area contributed by atoms with E-state index in [1.807, 2.05) is 30.3 Å². The van der Waals surface area contributed by atoms with Gasteiger partial charge >= 0.3 is 5.97 Å². The molecule has 0 bridgehead atoms. The summed E-state index contributed by atoms with van der Waals surface area (Å²) in [6.45, 7) is 14.5. The van der Waals surface area contributed by atoms with Gasteiger partial charge in [-0.05, 0) is 12.0 Å². The predicted molar refractivity (Wildman–Crippen MR) is 199 cm³/mol. The second-order valence-corrected chi connectivity index (χ2v) is 11.7. The molecule has 0 N–H and O–H groups in total. The van der Waals surface area contributed by atoms with E-state index in [0.29, 0.717) is 165 Å². The molecule has 1 rings (SSSR count). The van der Waals surface area contributed by atoms with Gasteiger partial charge in [-0.3, -0.25) is 4.79 Å². The number of unbranched alkanes of at least 4 members (excludes halogenated alkanes) is 4. The van der Waals surface area contributed by atoms with Gasteiger partial charge in [0.1, 0.15) is 6.61 Å². The molecule has 0 aromatic heterocycles. The minimum atomic E-state index is -0.148. The molecule has 0 saturated carbocycles. The molecule has 0 radical (unpaired) electrons. The van der Waals surface area contributed by atoms with Gasteiger partial charge in [0, 0.05) is 6.42 Å². The summed E-state index contributed by atoms with van der Waals surface area (Å²) in [6.07, 6.45) is 6.07. The Kier molecular flexibility index (Phi) is 39.9. The van der Waals surface area contributed by atoms with Crippen molar-refractivity contribution >= 4 is 5.97 Å². The molecule has 0 amide bonds. The summed E-state index contributed by atoms with van der Waals surface area (Å²) in [5.74, 6) is -0.148. The molecular weight excluding hydrogens is 692 g/mol. The molecule has 0 unspecified atom stereocenters. The van der Waals surface area contributed by atoms with Crippen LogP contribution in [0.1, 0.15) is 51.0 Å². The molecule has 0 heterocycles. The Labute approximate surface area is 318 Å². The SMILES string of the molecule is CCCCCCCC(=O)OCCOCCOCCOCCOCCOCCOCCOCCOCCOCCOCCOCCOCc1ccccc1. The lowest BCUT2D eigenvalue weighted by Crippen LogP contribution is -2.15. The molecule has 14 heteroatoms. The summed E-state index contributed by atoms with van der Waals surface area (Å²) >= 11 is 0. The van der Waals surface area contributed by atoms with Crippen LogP contribution in [0.15, 0.2) is 30.3 Å². The van der Waals surface area contributed by atoms with Crippen molar-refractivity contribution in [3.8, 4) is 0 Å². The lowest BCUT2D eigenvalue weighted by Gasteiger charge is -2.09. The zero-order valence-electron chi connectivity index (χ0n) is 32.5. The zero-order chi connectivity index (χ0) is 37.8. The highest BCUT2D eigenvalue weighted by atomic mass is 16.6. The lowest BCUT2D eigenvalue weighted by molar-refractivity contribution is -0.145. The second-order valence-electron chi connectivity index (χ2n) is 11.7. The highest BCUT2D eigenvalue weighted by Gasteiger charge is 2.03. The van der Waals surface area contributed by atoms with Gasteiger partial charge in [0.25, 0.3) is 0 Å². The number of hydrogen-bond acceptors (Lipinski definition) is 14. The third-order valence-electron chi connectivity index (χ3n) is 7.18. The van der Waals surface area contributed by atoms with Gasteiger partial charge in [-0.25, -0.2) is 0 Å². The molecule has 14 nitrogen and oxygen atoms in total. The Morgan fingerprint density at radius 2 is 0.679 bits per heavy atom. The Balaban J connectivity index is 1.62. The summed E-state index contributed by atoms with van der Waals surface area (Å²) < 4.78 is 71.0. The molecule has 0 spiro atoms. The van der Waals surface area contributed by atoms with Crippen LogP contribution in [0.5, 0.6) is 0 Å². The molecule has 0 atom stereocenters. The molecular formula is C39H70O14. The average molecular weight is 763 g/mol. The maximum absolute atomic E-state index is 11.6. The Hall–Kier alpha value is -1.79. The van der Waals surface area contributed by atoms with Gasteiger partial charge in [-0.2, -0.15) is 0 Å². The first-order chi connectivity index (χ1) is 26.3. The predicted octanol–water partition coefficient (Wildman–Crippen LogP) is 4.29. The maximum atomic E-state index is 11.6. The molecule has 0 aliphatic heterocycles. The minimum absolute atomic E-state index is 0.148. The van der Waals surface area contributed by atoms with Crippen molar-refractivity contribution in [2.24, 2.45) is 0 Å². The number of esters is 1. The van der Waals surface area contributed by atoms with Crippen molar-refractivity contribution in [2.45, 2.75) is 52.1 Å². The number of ether oxygens (including phenoxy) is 13. The Bertz CT molecular complexity index is 851. The average Bonchev–Trinajstić information content (AvgIpc) is 3.17. The number of carbonyl (C=O) groups excluding carboxylic acids is 1. The fourth-order valence-electron chi connectivity index (χ4n) is 4.34. The highest BCUT2D eigenvalue weighted by Crippen LogP contribution is 2.05. The third-order valence-corrected chi connectivity index (χ3v) is 7.18. The van der Waals surface area contributed by atoms with Gasteiger partial charge in [-0.1, -0.05) is 62.9 Å². The van der Waals surface area contributed by atoms with Crippen LogP contribution in [0.2, 0.25) is 0 Å². The maximum Gasteiger partial charge on any atom is 0.305 e. The number of rotatable bonds is 44. The van der Waals surface area contributed by atoms with E-state index in [4.69, 9.17) is 61.6 Å². The summed E-state index contributed by atoms with van der Waals surface area (Å²) in [5.41, 5.74) is 1.16. The van der Waals surface area contributed by atoms with Gasteiger partial charge < -0.3 is 61.6 Å². The number of carbonyl (C=O) groups is 1. The Morgan fingerprint density at radius 1 is 0.377 bits per heavy atom. The monoisotopic (exact) mass is 762 g/mol. The first-order valence-electron chi connectivity index (χ1n) is 19.5. The van der Waals surface area contributed by atoms with Crippen LogP contribution in [-0.2, 0) is 73.0 Å². The molecule has 1 aromatic carbocycles. The van der Waals surface area contributed by atoms with Gasteiger partial charge in [-0.15, -0.1) is 0 Å². The van der Waals surface area contributed by atoms with E-state index in [1.54, 1.807) is 0 Å². The van der Waals surface area contributed by atoms with E-state index in [9.17, 15) is 4.79 Å². The van der Waals surface area contributed by atoms with Gasteiger partial charge in [0.15, 0.2) is 0 Å². The van der Waals surface area contributed by atoms with E-state index >= 15 is 0 Å². The van der Waals surface area contributed by atoms with Crippen molar-refractivity contribution in [2.75, 3.05) is 159 Å². The fourth-order valence-corrected chi connectivity index (χ4v) is 4.34. The summed E-state index contributed by atoms with van der Waals surface area (Å²) in [6, 6.07) is 10.1. The smallest absolute Gasteiger partial charge is 0.305 e.